The predicted molar refractivity (Wildman–Crippen MR) is 64.3 cm³/mol. The third kappa shape index (κ3) is 2.17. The van der Waals surface area contributed by atoms with Gasteiger partial charge in [0.05, 0.1) is 10.7 Å². The second-order valence-electron chi connectivity index (χ2n) is 4.97. The van der Waals surface area contributed by atoms with Crippen molar-refractivity contribution in [2.45, 2.75) is 31.7 Å². The van der Waals surface area contributed by atoms with E-state index in [1.54, 1.807) is 6.07 Å². The Morgan fingerprint density at radius 1 is 1.19 bits per heavy atom. The molecule has 2 aliphatic rings. The number of hydrogen-bond donors (Lipinski definition) is 1. The lowest BCUT2D eigenvalue weighted by molar-refractivity contribution is 0.566. The van der Waals surface area contributed by atoms with E-state index >= 15 is 0 Å². The third-order valence-corrected chi connectivity index (χ3v) is 3.84. The van der Waals surface area contributed by atoms with Crippen LogP contribution in [0.4, 0.5) is 10.1 Å². The number of rotatable bonds is 4. The van der Waals surface area contributed by atoms with Gasteiger partial charge in [0.1, 0.15) is 5.82 Å². The second kappa shape index (κ2) is 3.92. The third-order valence-electron chi connectivity index (χ3n) is 3.51. The average molecular weight is 240 g/mol. The maximum absolute atomic E-state index is 13.1. The summed E-state index contributed by atoms with van der Waals surface area (Å²) in [6, 6.07) is 5.03. The molecule has 3 rings (SSSR count). The summed E-state index contributed by atoms with van der Waals surface area (Å²) in [6.07, 6.45) is 5.23. The number of benzene rings is 1. The van der Waals surface area contributed by atoms with Gasteiger partial charge in [-0.25, -0.2) is 4.39 Å². The first-order valence-electron chi connectivity index (χ1n) is 5.95. The molecule has 0 radical (unpaired) electrons. The maximum atomic E-state index is 13.1. The monoisotopic (exact) mass is 239 g/mol. The molecular formula is C13H15ClFN. The Morgan fingerprint density at radius 3 is 2.38 bits per heavy atom. The van der Waals surface area contributed by atoms with Crippen molar-refractivity contribution < 1.29 is 4.39 Å². The molecule has 3 heteroatoms. The molecule has 1 aromatic rings. The van der Waals surface area contributed by atoms with E-state index in [9.17, 15) is 4.39 Å². The fourth-order valence-electron chi connectivity index (χ4n) is 2.32. The second-order valence-corrected chi connectivity index (χ2v) is 5.38. The van der Waals surface area contributed by atoms with Gasteiger partial charge in [0, 0.05) is 6.04 Å². The van der Waals surface area contributed by atoms with Crippen molar-refractivity contribution in [1.82, 2.24) is 0 Å². The Kier molecular flexibility index (Phi) is 2.55. The Labute approximate surface area is 100.0 Å². The minimum absolute atomic E-state index is 0.225. The molecule has 0 aliphatic heterocycles. The van der Waals surface area contributed by atoms with E-state index in [1.165, 1.54) is 37.8 Å². The van der Waals surface area contributed by atoms with Gasteiger partial charge >= 0.3 is 0 Å². The van der Waals surface area contributed by atoms with Gasteiger partial charge in [-0.1, -0.05) is 11.6 Å². The summed E-state index contributed by atoms with van der Waals surface area (Å²) in [4.78, 5) is 0. The molecule has 1 aromatic carbocycles. The zero-order valence-electron chi connectivity index (χ0n) is 9.05. The summed E-state index contributed by atoms with van der Waals surface area (Å²) in [6.45, 7) is 0. The van der Waals surface area contributed by atoms with Crippen LogP contribution in [0.2, 0.25) is 5.02 Å². The smallest absolute Gasteiger partial charge is 0.125 e. The molecule has 0 unspecified atom stereocenters. The van der Waals surface area contributed by atoms with Crippen LogP contribution >= 0.6 is 11.6 Å². The van der Waals surface area contributed by atoms with Crippen LogP contribution in [0.1, 0.15) is 25.7 Å². The summed E-state index contributed by atoms with van der Waals surface area (Å²) in [5.74, 6) is 1.34. The first-order chi connectivity index (χ1) is 7.74. The van der Waals surface area contributed by atoms with E-state index in [4.69, 9.17) is 11.6 Å². The topological polar surface area (TPSA) is 12.0 Å². The van der Waals surface area contributed by atoms with Gasteiger partial charge in [-0.05, 0) is 55.7 Å². The predicted octanol–water partition coefficient (Wildman–Crippen LogP) is 4.08. The van der Waals surface area contributed by atoms with Crippen molar-refractivity contribution in [1.29, 1.82) is 0 Å². The van der Waals surface area contributed by atoms with Gasteiger partial charge in [-0.2, -0.15) is 0 Å². The van der Waals surface area contributed by atoms with Crippen LogP contribution in [0.5, 0.6) is 0 Å². The van der Waals surface area contributed by atoms with Gasteiger partial charge < -0.3 is 5.32 Å². The molecule has 0 saturated heterocycles. The molecule has 2 fully saturated rings. The summed E-state index contributed by atoms with van der Waals surface area (Å²) in [7, 11) is 0. The molecule has 86 valence electrons. The molecule has 1 nitrogen and oxygen atoms in total. The van der Waals surface area contributed by atoms with Crippen LogP contribution in [0, 0.1) is 17.7 Å². The number of halogens is 2. The van der Waals surface area contributed by atoms with Crippen LogP contribution < -0.4 is 5.32 Å². The van der Waals surface area contributed by atoms with Crippen LogP contribution in [0.25, 0.3) is 0 Å². The van der Waals surface area contributed by atoms with E-state index in [1.807, 2.05) is 0 Å². The highest BCUT2D eigenvalue weighted by Crippen LogP contribution is 2.46. The highest BCUT2D eigenvalue weighted by atomic mass is 35.5. The molecule has 1 N–H and O–H groups in total. The lowest BCUT2D eigenvalue weighted by Crippen LogP contribution is -2.24. The Balaban J connectivity index is 1.78. The van der Waals surface area contributed by atoms with E-state index < -0.39 is 0 Å². The van der Waals surface area contributed by atoms with E-state index in [2.05, 4.69) is 5.32 Å². The van der Waals surface area contributed by atoms with Crippen molar-refractivity contribution in [2.24, 2.45) is 11.8 Å². The van der Waals surface area contributed by atoms with E-state index in [0.717, 1.165) is 17.5 Å². The molecule has 2 saturated carbocycles. The van der Waals surface area contributed by atoms with Gasteiger partial charge in [-0.15, -0.1) is 0 Å². The maximum Gasteiger partial charge on any atom is 0.125 e. The lowest BCUT2D eigenvalue weighted by atomic mass is 10.1. The van der Waals surface area contributed by atoms with Crippen LogP contribution in [0.3, 0.4) is 0 Å². The largest absolute Gasteiger partial charge is 0.380 e. The molecule has 0 heterocycles. The van der Waals surface area contributed by atoms with Crippen molar-refractivity contribution >= 4 is 17.3 Å². The Morgan fingerprint density at radius 2 is 1.81 bits per heavy atom. The minimum atomic E-state index is -0.225. The van der Waals surface area contributed by atoms with E-state index in [-0.39, 0.29) is 5.82 Å². The van der Waals surface area contributed by atoms with Crippen molar-refractivity contribution in [2.75, 3.05) is 5.32 Å². The van der Waals surface area contributed by atoms with E-state index in [0.29, 0.717) is 11.1 Å². The normalized spacial score (nSPS) is 20.2. The summed E-state index contributed by atoms with van der Waals surface area (Å²) < 4.78 is 13.1. The first-order valence-corrected chi connectivity index (χ1v) is 6.33. The van der Waals surface area contributed by atoms with Crippen molar-refractivity contribution in [3.63, 3.8) is 0 Å². The molecule has 0 amide bonds. The highest BCUT2D eigenvalue weighted by Gasteiger charge is 2.41. The standard InChI is InChI=1S/C13H15ClFN/c14-11-6-5-10(15)7-12(11)16-13(8-1-2-8)9-3-4-9/h5-9,13,16H,1-4H2. The Bertz CT molecular complexity index is 387. The van der Waals surface area contributed by atoms with Crippen molar-refractivity contribution in [3.05, 3.63) is 29.0 Å². The van der Waals surface area contributed by atoms with Crippen LogP contribution in [-0.2, 0) is 0 Å². The summed E-state index contributed by atoms with van der Waals surface area (Å²) in [5.41, 5.74) is 0.755. The molecular weight excluding hydrogens is 225 g/mol. The zero-order valence-corrected chi connectivity index (χ0v) is 9.80. The molecule has 0 spiro atoms. The molecule has 0 bridgehead atoms. The highest BCUT2D eigenvalue weighted by molar-refractivity contribution is 6.33. The zero-order chi connectivity index (χ0) is 11.1. The first kappa shape index (κ1) is 10.4. The molecule has 0 aromatic heterocycles. The SMILES string of the molecule is Fc1ccc(Cl)c(NC(C2CC2)C2CC2)c1. The lowest BCUT2D eigenvalue weighted by Gasteiger charge is -2.19. The number of nitrogens with one attached hydrogen (secondary N) is 1. The van der Waals surface area contributed by atoms with Gasteiger partial charge in [0.15, 0.2) is 0 Å². The summed E-state index contributed by atoms with van der Waals surface area (Å²) in [5, 5.41) is 4.06. The van der Waals surface area contributed by atoms with Gasteiger partial charge in [0.25, 0.3) is 0 Å². The fourth-order valence-corrected chi connectivity index (χ4v) is 2.49. The van der Waals surface area contributed by atoms with Crippen LogP contribution in [0.15, 0.2) is 18.2 Å². The van der Waals surface area contributed by atoms with Gasteiger partial charge in [-0.3, -0.25) is 0 Å². The molecule has 2 aliphatic carbocycles. The number of hydrogen-bond acceptors (Lipinski definition) is 1. The fraction of sp³-hybridized carbons (Fsp3) is 0.538. The average Bonchev–Trinajstić information content (AvgIpc) is 3.13. The van der Waals surface area contributed by atoms with Gasteiger partial charge in [0.2, 0.25) is 0 Å². The minimum Gasteiger partial charge on any atom is -0.380 e. The van der Waals surface area contributed by atoms with Crippen LogP contribution in [-0.4, -0.2) is 6.04 Å². The summed E-state index contributed by atoms with van der Waals surface area (Å²) >= 11 is 6.06. The molecule has 0 atom stereocenters. The Hall–Kier alpha value is -0.760. The number of anilines is 1. The quantitative estimate of drug-likeness (QED) is 0.835. The molecule has 16 heavy (non-hydrogen) atoms. The van der Waals surface area contributed by atoms with Crippen molar-refractivity contribution in [3.8, 4) is 0 Å².